The number of nitrogens with zero attached hydrogens (tertiary/aromatic N) is 1. The number of aryl methyl sites for hydroxylation is 2. The first kappa shape index (κ1) is 14.3. The Morgan fingerprint density at radius 1 is 0.955 bits per heavy atom. The molecule has 0 saturated heterocycles. The van der Waals surface area contributed by atoms with E-state index in [0.717, 1.165) is 22.2 Å². The summed E-state index contributed by atoms with van der Waals surface area (Å²) >= 11 is 0. The van der Waals surface area contributed by atoms with Gasteiger partial charge in [0.05, 0.1) is 17.8 Å². The SMILES string of the molecule is Cc1ccc(NCN2C(=O)c3ccc(F)cc3C2=O)cc1C. The van der Waals surface area contributed by atoms with Crippen LogP contribution in [0.3, 0.4) is 0 Å². The minimum absolute atomic E-state index is 0.0521. The van der Waals surface area contributed by atoms with Crippen LogP contribution in [0.4, 0.5) is 10.1 Å². The van der Waals surface area contributed by atoms with Crippen molar-refractivity contribution in [2.75, 3.05) is 12.0 Å². The van der Waals surface area contributed by atoms with Crippen LogP contribution in [0.1, 0.15) is 31.8 Å². The predicted octanol–water partition coefficient (Wildman–Crippen LogP) is 3.11. The van der Waals surface area contributed by atoms with Gasteiger partial charge in [-0.1, -0.05) is 6.07 Å². The molecular weight excluding hydrogens is 283 g/mol. The van der Waals surface area contributed by atoms with E-state index in [2.05, 4.69) is 5.32 Å². The number of hydrogen-bond donors (Lipinski definition) is 1. The van der Waals surface area contributed by atoms with Crippen molar-refractivity contribution in [1.29, 1.82) is 0 Å². The zero-order chi connectivity index (χ0) is 15.9. The van der Waals surface area contributed by atoms with E-state index >= 15 is 0 Å². The van der Waals surface area contributed by atoms with E-state index in [1.54, 1.807) is 0 Å². The standard InChI is InChI=1S/C17H15FN2O2/c1-10-3-5-13(7-11(10)2)19-9-20-16(21)14-6-4-12(18)8-15(14)17(20)22/h3-8,19H,9H2,1-2H3. The molecule has 0 atom stereocenters. The number of carbonyl (C=O) groups is 2. The third-order valence-corrected chi connectivity index (χ3v) is 3.88. The van der Waals surface area contributed by atoms with Crippen LogP contribution in [-0.2, 0) is 0 Å². The van der Waals surface area contributed by atoms with Crippen LogP contribution in [0.15, 0.2) is 36.4 Å². The lowest BCUT2D eigenvalue weighted by Crippen LogP contribution is -2.34. The molecule has 2 amide bonds. The minimum Gasteiger partial charge on any atom is -0.367 e. The Kier molecular flexibility index (Phi) is 3.41. The average molecular weight is 298 g/mol. The fourth-order valence-electron chi connectivity index (χ4n) is 2.43. The molecule has 2 aromatic rings. The van der Waals surface area contributed by atoms with Gasteiger partial charge in [-0.2, -0.15) is 0 Å². The Morgan fingerprint density at radius 3 is 2.41 bits per heavy atom. The maximum absolute atomic E-state index is 13.2. The van der Waals surface area contributed by atoms with Crippen LogP contribution in [0.25, 0.3) is 0 Å². The second kappa shape index (κ2) is 5.26. The fraction of sp³-hybridized carbons (Fsp3) is 0.176. The van der Waals surface area contributed by atoms with Gasteiger partial charge in [0.1, 0.15) is 5.82 Å². The third kappa shape index (κ3) is 2.35. The molecule has 0 bridgehead atoms. The van der Waals surface area contributed by atoms with Gasteiger partial charge < -0.3 is 5.32 Å². The monoisotopic (exact) mass is 298 g/mol. The van der Waals surface area contributed by atoms with Crippen LogP contribution in [-0.4, -0.2) is 23.4 Å². The molecule has 1 aliphatic rings. The summed E-state index contributed by atoms with van der Waals surface area (Å²) in [6, 6.07) is 9.44. The van der Waals surface area contributed by atoms with E-state index < -0.39 is 17.6 Å². The van der Waals surface area contributed by atoms with Gasteiger partial charge >= 0.3 is 0 Å². The van der Waals surface area contributed by atoms with E-state index in [1.807, 2.05) is 32.0 Å². The molecule has 0 aliphatic carbocycles. The van der Waals surface area contributed by atoms with Gasteiger partial charge in [0.2, 0.25) is 0 Å². The topological polar surface area (TPSA) is 49.4 Å². The number of fused-ring (bicyclic) bond motifs is 1. The van der Waals surface area contributed by atoms with Crippen LogP contribution < -0.4 is 5.32 Å². The lowest BCUT2D eigenvalue weighted by atomic mass is 10.1. The highest BCUT2D eigenvalue weighted by atomic mass is 19.1. The Balaban J connectivity index is 1.78. The molecule has 1 aliphatic heterocycles. The number of nitrogens with one attached hydrogen (secondary N) is 1. The second-order valence-corrected chi connectivity index (χ2v) is 5.36. The van der Waals surface area contributed by atoms with Gasteiger partial charge in [-0.3, -0.25) is 14.5 Å². The van der Waals surface area contributed by atoms with Gasteiger partial charge in [0.15, 0.2) is 0 Å². The van der Waals surface area contributed by atoms with Crippen LogP contribution >= 0.6 is 0 Å². The molecule has 0 fully saturated rings. The molecule has 1 N–H and O–H groups in total. The predicted molar refractivity (Wildman–Crippen MR) is 81.3 cm³/mol. The van der Waals surface area contributed by atoms with E-state index in [1.165, 1.54) is 17.7 Å². The molecular formula is C17H15FN2O2. The molecule has 2 aromatic carbocycles. The van der Waals surface area contributed by atoms with Crippen molar-refractivity contribution in [2.45, 2.75) is 13.8 Å². The maximum atomic E-state index is 13.2. The lowest BCUT2D eigenvalue weighted by Gasteiger charge is -2.16. The smallest absolute Gasteiger partial charge is 0.263 e. The Bertz CT molecular complexity index is 786. The summed E-state index contributed by atoms with van der Waals surface area (Å²) in [5, 5.41) is 3.06. The van der Waals surface area contributed by atoms with Crippen molar-refractivity contribution in [3.63, 3.8) is 0 Å². The maximum Gasteiger partial charge on any atom is 0.263 e. The number of imide groups is 1. The third-order valence-electron chi connectivity index (χ3n) is 3.88. The van der Waals surface area contributed by atoms with E-state index in [-0.39, 0.29) is 17.8 Å². The molecule has 0 aromatic heterocycles. The quantitative estimate of drug-likeness (QED) is 0.886. The van der Waals surface area contributed by atoms with Crippen molar-refractivity contribution in [2.24, 2.45) is 0 Å². The number of halogens is 1. The van der Waals surface area contributed by atoms with Gasteiger partial charge in [-0.25, -0.2) is 4.39 Å². The zero-order valence-corrected chi connectivity index (χ0v) is 12.3. The van der Waals surface area contributed by atoms with Crippen molar-refractivity contribution < 1.29 is 14.0 Å². The van der Waals surface area contributed by atoms with Crippen molar-refractivity contribution >= 4 is 17.5 Å². The Morgan fingerprint density at radius 2 is 1.68 bits per heavy atom. The molecule has 0 unspecified atom stereocenters. The highest BCUT2D eigenvalue weighted by Gasteiger charge is 2.35. The molecule has 3 rings (SSSR count). The van der Waals surface area contributed by atoms with Gasteiger partial charge in [0.25, 0.3) is 11.8 Å². The number of amides is 2. The van der Waals surface area contributed by atoms with Gasteiger partial charge in [-0.05, 0) is 55.3 Å². The molecule has 5 heteroatoms. The molecule has 112 valence electrons. The summed E-state index contributed by atoms with van der Waals surface area (Å²) in [4.78, 5) is 25.5. The van der Waals surface area contributed by atoms with E-state index in [0.29, 0.717) is 0 Å². The summed E-state index contributed by atoms with van der Waals surface area (Å²) in [6.07, 6.45) is 0. The normalized spacial score (nSPS) is 13.5. The van der Waals surface area contributed by atoms with E-state index in [4.69, 9.17) is 0 Å². The molecule has 0 saturated carbocycles. The van der Waals surface area contributed by atoms with Crippen molar-refractivity contribution in [3.8, 4) is 0 Å². The number of carbonyl (C=O) groups excluding carboxylic acids is 2. The zero-order valence-electron chi connectivity index (χ0n) is 12.3. The molecule has 0 spiro atoms. The van der Waals surface area contributed by atoms with Crippen molar-refractivity contribution in [1.82, 2.24) is 4.90 Å². The van der Waals surface area contributed by atoms with Crippen LogP contribution in [0.5, 0.6) is 0 Å². The summed E-state index contributed by atoms with van der Waals surface area (Å²) in [5.74, 6) is -1.41. The fourth-order valence-corrected chi connectivity index (χ4v) is 2.43. The van der Waals surface area contributed by atoms with Crippen molar-refractivity contribution in [3.05, 3.63) is 64.5 Å². The number of benzene rings is 2. The van der Waals surface area contributed by atoms with Gasteiger partial charge in [0, 0.05) is 5.69 Å². The minimum atomic E-state index is -0.524. The number of anilines is 1. The number of hydrogen-bond acceptors (Lipinski definition) is 3. The highest BCUT2D eigenvalue weighted by Crippen LogP contribution is 2.24. The first-order valence-corrected chi connectivity index (χ1v) is 6.94. The molecule has 0 radical (unpaired) electrons. The molecule has 1 heterocycles. The Labute approximate surface area is 127 Å². The summed E-state index contributed by atoms with van der Waals surface area (Å²) in [7, 11) is 0. The average Bonchev–Trinajstić information content (AvgIpc) is 2.72. The summed E-state index contributed by atoms with van der Waals surface area (Å²) in [6.45, 7) is 4.06. The van der Waals surface area contributed by atoms with Crippen LogP contribution in [0.2, 0.25) is 0 Å². The summed E-state index contributed by atoms with van der Waals surface area (Å²) in [5.41, 5.74) is 3.47. The highest BCUT2D eigenvalue weighted by molar-refractivity contribution is 6.21. The van der Waals surface area contributed by atoms with E-state index in [9.17, 15) is 14.0 Å². The number of rotatable bonds is 3. The van der Waals surface area contributed by atoms with Gasteiger partial charge in [-0.15, -0.1) is 0 Å². The Hall–Kier alpha value is -2.69. The lowest BCUT2D eigenvalue weighted by molar-refractivity contribution is 0.0665. The largest absolute Gasteiger partial charge is 0.367 e. The first-order valence-electron chi connectivity index (χ1n) is 6.94. The second-order valence-electron chi connectivity index (χ2n) is 5.36. The first-order chi connectivity index (χ1) is 10.5. The summed E-state index contributed by atoms with van der Waals surface area (Å²) < 4.78 is 13.2. The van der Waals surface area contributed by atoms with Crippen LogP contribution in [0, 0.1) is 19.7 Å². The molecule has 4 nitrogen and oxygen atoms in total. The molecule has 22 heavy (non-hydrogen) atoms.